The zero-order valence-corrected chi connectivity index (χ0v) is 7.88. The molecule has 0 radical (unpaired) electrons. The summed E-state index contributed by atoms with van der Waals surface area (Å²) in [6.07, 6.45) is 4.08. The van der Waals surface area contributed by atoms with Gasteiger partial charge < -0.3 is 5.32 Å². The highest BCUT2D eigenvalue weighted by molar-refractivity contribution is 7.11. The highest BCUT2D eigenvalue weighted by Crippen LogP contribution is 2.22. The Balaban J connectivity index is 2.56. The summed E-state index contributed by atoms with van der Waals surface area (Å²) >= 11 is 7.51. The molecule has 60 valence electrons. The number of hydrogen-bond donors (Lipinski definition) is 1. The van der Waals surface area contributed by atoms with Crippen LogP contribution in [0.1, 0.15) is 4.88 Å². The van der Waals surface area contributed by atoms with Gasteiger partial charge in [0.25, 0.3) is 0 Å². The fraction of sp³-hybridized carbons (Fsp3) is 0.250. The molecule has 0 spiro atoms. The lowest BCUT2D eigenvalue weighted by Crippen LogP contribution is -2.03. The number of hydrogen-bond acceptors (Lipinski definition) is 2. The molecule has 0 saturated carbocycles. The van der Waals surface area contributed by atoms with Gasteiger partial charge in [-0.25, -0.2) is 0 Å². The van der Waals surface area contributed by atoms with E-state index in [0.29, 0.717) is 0 Å². The summed E-state index contributed by atoms with van der Waals surface area (Å²) in [6, 6.07) is 1.91. The SMILES string of the molecule is CNCC=Cc1sccc1Cl. The maximum Gasteiger partial charge on any atom is 0.0586 e. The van der Waals surface area contributed by atoms with Gasteiger partial charge in [-0.05, 0) is 24.6 Å². The third-order valence-corrected chi connectivity index (χ3v) is 2.56. The average Bonchev–Trinajstić information content (AvgIpc) is 2.37. The van der Waals surface area contributed by atoms with Crippen LogP contribution in [0.3, 0.4) is 0 Å². The number of thiophene rings is 1. The summed E-state index contributed by atoms with van der Waals surface area (Å²) in [5.41, 5.74) is 0. The van der Waals surface area contributed by atoms with Crippen LogP contribution in [0.25, 0.3) is 6.08 Å². The highest BCUT2D eigenvalue weighted by Gasteiger charge is 1.94. The quantitative estimate of drug-likeness (QED) is 0.767. The second-order valence-corrected chi connectivity index (χ2v) is 3.45. The number of nitrogens with one attached hydrogen (secondary N) is 1. The Bertz CT molecular complexity index is 242. The lowest BCUT2D eigenvalue weighted by molar-refractivity contribution is 0.922. The molecule has 3 heteroatoms. The molecule has 1 aromatic rings. The molecule has 0 aliphatic rings. The Morgan fingerprint density at radius 2 is 2.55 bits per heavy atom. The number of halogens is 1. The maximum atomic E-state index is 5.86. The maximum absolute atomic E-state index is 5.86. The van der Waals surface area contributed by atoms with Crippen molar-refractivity contribution in [3.63, 3.8) is 0 Å². The van der Waals surface area contributed by atoms with Gasteiger partial charge in [0.05, 0.1) is 5.02 Å². The second-order valence-electron chi connectivity index (χ2n) is 2.09. The molecule has 0 aromatic carbocycles. The zero-order chi connectivity index (χ0) is 8.10. The molecule has 0 bridgehead atoms. The van der Waals surface area contributed by atoms with Crippen molar-refractivity contribution in [1.82, 2.24) is 5.32 Å². The van der Waals surface area contributed by atoms with Crippen LogP contribution in [0.5, 0.6) is 0 Å². The first-order valence-electron chi connectivity index (χ1n) is 3.38. The minimum absolute atomic E-state index is 0.836. The summed E-state index contributed by atoms with van der Waals surface area (Å²) in [6.45, 7) is 0.883. The molecular weight excluding hydrogens is 178 g/mol. The molecule has 11 heavy (non-hydrogen) atoms. The lowest BCUT2D eigenvalue weighted by atomic mass is 10.4. The monoisotopic (exact) mass is 187 g/mol. The zero-order valence-electron chi connectivity index (χ0n) is 6.30. The van der Waals surface area contributed by atoms with Crippen molar-refractivity contribution in [3.8, 4) is 0 Å². The smallest absolute Gasteiger partial charge is 0.0586 e. The van der Waals surface area contributed by atoms with Gasteiger partial charge in [-0.3, -0.25) is 0 Å². The van der Waals surface area contributed by atoms with Gasteiger partial charge in [0.1, 0.15) is 0 Å². The normalized spacial score (nSPS) is 11.1. The molecule has 0 aliphatic carbocycles. The molecule has 0 saturated heterocycles. The Labute approximate surface area is 75.7 Å². The van der Waals surface area contributed by atoms with Crippen LogP contribution in [0, 0.1) is 0 Å². The van der Waals surface area contributed by atoms with Crippen LogP contribution in [0.4, 0.5) is 0 Å². The van der Waals surface area contributed by atoms with E-state index in [0.717, 1.165) is 16.4 Å². The van der Waals surface area contributed by atoms with E-state index in [4.69, 9.17) is 11.6 Å². The van der Waals surface area contributed by atoms with Crippen molar-refractivity contribution in [3.05, 3.63) is 27.4 Å². The van der Waals surface area contributed by atoms with E-state index in [9.17, 15) is 0 Å². The van der Waals surface area contributed by atoms with E-state index in [1.165, 1.54) is 0 Å². The van der Waals surface area contributed by atoms with E-state index in [1.807, 2.05) is 24.6 Å². The molecule has 0 fully saturated rings. The van der Waals surface area contributed by atoms with Crippen LogP contribution >= 0.6 is 22.9 Å². The second kappa shape index (κ2) is 4.54. The van der Waals surface area contributed by atoms with Gasteiger partial charge in [0.15, 0.2) is 0 Å². The topological polar surface area (TPSA) is 12.0 Å². The fourth-order valence-corrected chi connectivity index (χ4v) is 1.75. The van der Waals surface area contributed by atoms with Crippen molar-refractivity contribution >= 4 is 29.0 Å². The minimum atomic E-state index is 0.836. The molecule has 1 aromatic heterocycles. The summed E-state index contributed by atoms with van der Waals surface area (Å²) in [5, 5.41) is 5.85. The van der Waals surface area contributed by atoms with E-state index in [1.54, 1.807) is 11.3 Å². The Kier molecular flexibility index (Phi) is 3.63. The van der Waals surface area contributed by atoms with Gasteiger partial charge in [0.2, 0.25) is 0 Å². The molecule has 1 N–H and O–H groups in total. The van der Waals surface area contributed by atoms with Crippen LogP contribution < -0.4 is 5.32 Å². The summed E-state index contributed by atoms with van der Waals surface area (Å²) in [4.78, 5) is 1.13. The summed E-state index contributed by atoms with van der Waals surface area (Å²) < 4.78 is 0. The molecule has 0 unspecified atom stereocenters. The van der Waals surface area contributed by atoms with Gasteiger partial charge in [-0.2, -0.15) is 0 Å². The number of likely N-dealkylation sites (N-methyl/N-ethyl adjacent to an activating group) is 1. The van der Waals surface area contributed by atoms with Crippen LogP contribution in [-0.2, 0) is 0 Å². The Hall–Kier alpha value is -0.310. The summed E-state index contributed by atoms with van der Waals surface area (Å²) in [5.74, 6) is 0. The van der Waals surface area contributed by atoms with E-state index < -0.39 is 0 Å². The standard InChI is InChI=1S/C8H10ClNS/c1-10-5-2-3-8-7(9)4-6-11-8/h2-4,6,10H,5H2,1H3. The third-order valence-electron chi connectivity index (χ3n) is 1.24. The first-order valence-corrected chi connectivity index (χ1v) is 4.64. The molecule has 1 rings (SSSR count). The molecule has 1 heterocycles. The third kappa shape index (κ3) is 2.66. The predicted octanol–water partition coefficient (Wildman–Crippen LogP) is 2.63. The summed E-state index contributed by atoms with van der Waals surface area (Å²) in [7, 11) is 1.92. The number of rotatable bonds is 3. The van der Waals surface area contributed by atoms with E-state index >= 15 is 0 Å². The van der Waals surface area contributed by atoms with Crippen molar-refractivity contribution in [2.24, 2.45) is 0 Å². The van der Waals surface area contributed by atoms with Crippen molar-refractivity contribution in [2.45, 2.75) is 0 Å². The molecule has 1 nitrogen and oxygen atoms in total. The lowest BCUT2D eigenvalue weighted by Gasteiger charge is -1.88. The average molecular weight is 188 g/mol. The van der Waals surface area contributed by atoms with Gasteiger partial charge in [0, 0.05) is 11.4 Å². The van der Waals surface area contributed by atoms with Crippen molar-refractivity contribution in [1.29, 1.82) is 0 Å². The highest BCUT2D eigenvalue weighted by atomic mass is 35.5. The predicted molar refractivity (Wildman–Crippen MR) is 52.3 cm³/mol. The first-order chi connectivity index (χ1) is 5.34. The van der Waals surface area contributed by atoms with Crippen LogP contribution in [0.2, 0.25) is 5.02 Å². The molecule has 0 amide bonds. The largest absolute Gasteiger partial charge is 0.316 e. The first kappa shape index (κ1) is 8.78. The molecular formula is C8H10ClNS. The Morgan fingerprint density at radius 1 is 1.73 bits per heavy atom. The Morgan fingerprint density at radius 3 is 3.09 bits per heavy atom. The van der Waals surface area contributed by atoms with E-state index in [2.05, 4.69) is 11.4 Å². The van der Waals surface area contributed by atoms with Crippen molar-refractivity contribution in [2.75, 3.05) is 13.6 Å². The van der Waals surface area contributed by atoms with Gasteiger partial charge in [-0.1, -0.05) is 17.7 Å². The van der Waals surface area contributed by atoms with Gasteiger partial charge >= 0.3 is 0 Å². The molecule has 0 atom stereocenters. The van der Waals surface area contributed by atoms with Crippen LogP contribution in [0.15, 0.2) is 17.5 Å². The minimum Gasteiger partial charge on any atom is -0.316 e. The van der Waals surface area contributed by atoms with Crippen LogP contribution in [-0.4, -0.2) is 13.6 Å². The molecule has 0 aliphatic heterocycles. The van der Waals surface area contributed by atoms with Gasteiger partial charge in [-0.15, -0.1) is 11.3 Å². The van der Waals surface area contributed by atoms with E-state index in [-0.39, 0.29) is 0 Å². The fourth-order valence-electron chi connectivity index (χ4n) is 0.708. The van der Waals surface area contributed by atoms with Crippen molar-refractivity contribution < 1.29 is 0 Å².